The second-order valence-electron chi connectivity index (χ2n) is 7.17. The minimum atomic E-state index is -0.846. The Balaban J connectivity index is 1.95. The zero-order chi connectivity index (χ0) is 19.9. The molecule has 2 aromatic rings. The number of hydrogen-bond donors (Lipinski definition) is 3. The van der Waals surface area contributed by atoms with Gasteiger partial charge in [-0.1, -0.05) is 18.2 Å². The lowest BCUT2D eigenvalue weighted by molar-refractivity contribution is -0.138. The van der Waals surface area contributed by atoms with Crippen molar-refractivity contribution in [1.82, 2.24) is 10.4 Å². The van der Waals surface area contributed by atoms with Crippen molar-refractivity contribution in [3.8, 4) is 0 Å². The Labute approximate surface area is 162 Å². The molecule has 2 aliphatic heterocycles. The van der Waals surface area contributed by atoms with E-state index in [0.29, 0.717) is 25.2 Å². The van der Waals surface area contributed by atoms with Crippen molar-refractivity contribution in [2.75, 3.05) is 18.4 Å². The molecule has 2 aliphatic rings. The van der Waals surface area contributed by atoms with E-state index in [-0.39, 0.29) is 17.4 Å². The highest BCUT2D eigenvalue weighted by atomic mass is 19.1. The number of carbonyl (C=O) groups excluding carboxylic acids is 1. The Bertz CT molecular complexity index is 961. The molecule has 0 bridgehead atoms. The van der Waals surface area contributed by atoms with Crippen LogP contribution in [0.4, 0.5) is 14.5 Å². The molecule has 0 aliphatic carbocycles. The van der Waals surface area contributed by atoms with Crippen LogP contribution in [0.25, 0.3) is 5.70 Å². The van der Waals surface area contributed by atoms with E-state index in [1.807, 2.05) is 30.3 Å². The molecular formula is C21H22F2N4O. The number of nitrogens with one attached hydrogen (secondary N) is 2. The summed E-state index contributed by atoms with van der Waals surface area (Å²) in [7, 11) is 0. The minimum absolute atomic E-state index is 0.0436. The Morgan fingerprint density at radius 3 is 2.82 bits per heavy atom. The first-order chi connectivity index (χ1) is 13.5. The van der Waals surface area contributed by atoms with Gasteiger partial charge in [-0.3, -0.25) is 10.2 Å². The average Bonchev–Trinajstić information content (AvgIpc) is 3.08. The van der Waals surface area contributed by atoms with E-state index in [9.17, 15) is 13.6 Å². The Morgan fingerprint density at radius 1 is 1.29 bits per heavy atom. The van der Waals surface area contributed by atoms with Crippen LogP contribution in [0.3, 0.4) is 0 Å². The van der Waals surface area contributed by atoms with Crippen LogP contribution in [0.5, 0.6) is 0 Å². The largest absolute Gasteiger partial charge is 0.384 e. The predicted octanol–water partition coefficient (Wildman–Crippen LogP) is 2.96. The monoisotopic (exact) mass is 384 g/mol. The molecule has 146 valence electrons. The summed E-state index contributed by atoms with van der Waals surface area (Å²) in [6.45, 7) is 2.51. The molecule has 4 N–H and O–H groups in total. The molecule has 4 rings (SSSR count). The van der Waals surface area contributed by atoms with E-state index in [4.69, 9.17) is 5.73 Å². The van der Waals surface area contributed by atoms with Gasteiger partial charge in [-0.25, -0.2) is 13.8 Å². The summed E-state index contributed by atoms with van der Waals surface area (Å²) in [6.07, 6.45) is 2.49. The fraction of sp³-hybridized carbons (Fsp3) is 0.286. The second-order valence-corrected chi connectivity index (χ2v) is 7.17. The van der Waals surface area contributed by atoms with E-state index in [1.165, 1.54) is 11.9 Å². The maximum Gasteiger partial charge on any atom is 0.238 e. The van der Waals surface area contributed by atoms with E-state index in [0.717, 1.165) is 29.4 Å². The number of amides is 1. The summed E-state index contributed by atoms with van der Waals surface area (Å²) >= 11 is 0. The minimum Gasteiger partial charge on any atom is -0.384 e. The summed E-state index contributed by atoms with van der Waals surface area (Å²) in [6, 6.07) is 11.0. The molecule has 1 amide bonds. The second kappa shape index (κ2) is 6.91. The topological polar surface area (TPSA) is 70.4 Å². The van der Waals surface area contributed by atoms with Gasteiger partial charge in [-0.15, -0.1) is 0 Å². The van der Waals surface area contributed by atoms with Crippen LogP contribution in [0.2, 0.25) is 0 Å². The molecule has 2 aromatic carbocycles. The fourth-order valence-corrected chi connectivity index (χ4v) is 4.33. The van der Waals surface area contributed by atoms with Crippen molar-refractivity contribution in [1.29, 1.82) is 0 Å². The number of nitrogens with zero attached hydrogens (tertiary/aromatic N) is 1. The van der Waals surface area contributed by atoms with Crippen LogP contribution in [0, 0.1) is 17.6 Å². The van der Waals surface area contributed by atoms with Crippen molar-refractivity contribution in [2.45, 2.75) is 18.9 Å². The number of fused-ring (bicyclic) bond motifs is 2. The highest BCUT2D eigenvalue weighted by molar-refractivity contribution is 5.82. The molecule has 7 heteroatoms. The number of carbonyl (C=O) groups is 1. The van der Waals surface area contributed by atoms with Gasteiger partial charge in [0.1, 0.15) is 17.2 Å². The number of nitrogens with two attached hydrogens (primary N) is 1. The quantitative estimate of drug-likeness (QED) is 0.761. The number of para-hydroxylation sites is 1. The normalized spacial score (nSPS) is 23.1. The van der Waals surface area contributed by atoms with E-state index >= 15 is 0 Å². The van der Waals surface area contributed by atoms with Crippen LogP contribution in [-0.4, -0.2) is 24.0 Å². The van der Waals surface area contributed by atoms with Crippen LogP contribution >= 0.6 is 0 Å². The van der Waals surface area contributed by atoms with Gasteiger partial charge in [0.15, 0.2) is 0 Å². The van der Waals surface area contributed by atoms with Crippen molar-refractivity contribution < 1.29 is 13.6 Å². The zero-order valence-electron chi connectivity index (χ0n) is 15.5. The molecule has 0 aromatic heterocycles. The molecule has 2 unspecified atom stereocenters. The third kappa shape index (κ3) is 2.74. The van der Waals surface area contributed by atoms with Gasteiger partial charge in [0.25, 0.3) is 0 Å². The first-order valence-electron chi connectivity index (χ1n) is 9.26. The van der Waals surface area contributed by atoms with Crippen LogP contribution in [0.15, 0.2) is 48.5 Å². The van der Waals surface area contributed by atoms with Gasteiger partial charge < -0.3 is 11.1 Å². The first-order valence-corrected chi connectivity index (χ1v) is 9.26. The lowest BCUT2D eigenvalue weighted by atomic mass is 9.72. The lowest BCUT2D eigenvalue weighted by Crippen LogP contribution is -2.57. The van der Waals surface area contributed by atoms with Gasteiger partial charge in [-0.05, 0) is 43.3 Å². The summed E-state index contributed by atoms with van der Waals surface area (Å²) in [5.74, 6) is -1.36. The smallest absolute Gasteiger partial charge is 0.238 e. The maximum atomic E-state index is 14.5. The summed E-state index contributed by atoms with van der Waals surface area (Å²) in [5, 5.41) is 4.92. The van der Waals surface area contributed by atoms with Crippen LogP contribution in [-0.2, 0) is 10.3 Å². The number of anilines is 1. The maximum absolute atomic E-state index is 14.5. The SMILES string of the molecule is CC(=O)N1NC(c2cc(F)ccc2F)=CC12c1ccccc1NCC2CCN. The predicted molar refractivity (Wildman–Crippen MR) is 104 cm³/mol. The molecular weight excluding hydrogens is 362 g/mol. The molecule has 1 spiro atoms. The van der Waals surface area contributed by atoms with Crippen molar-refractivity contribution in [3.63, 3.8) is 0 Å². The number of rotatable bonds is 3. The van der Waals surface area contributed by atoms with Crippen molar-refractivity contribution in [2.24, 2.45) is 11.7 Å². The number of halogens is 2. The highest BCUT2D eigenvalue weighted by Crippen LogP contribution is 2.49. The van der Waals surface area contributed by atoms with Crippen molar-refractivity contribution in [3.05, 3.63) is 71.3 Å². The van der Waals surface area contributed by atoms with Gasteiger partial charge >= 0.3 is 0 Å². The summed E-state index contributed by atoms with van der Waals surface area (Å²) < 4.78 is 28.3. The van der Waals surface area contributed by atoms with Crippen LogP contribution < -0.4 is 16.5 Å². The molecule has 2 atom stereocenters. The third-order valence-electron chi connectivity index (χ3n) is 5.54. The average molecular weight is 384 g/mol. The molecule has 5 nitrogen and oxygen atoms in total. The summed E-state index contributed by atoms with van der Waals surface area (Å²) in [4.78, 5) is 12.6. The van der Waals surface area contributed by atoms with Crippen LogP contribution in [0.1, 0.15) is 24.5 Å². The van der Waals surface area contributed by atoms with Crippen molar-refractivity contribution >= 4 is 17.3 Å². The number of hydrazine groups is 1. The third-order valence-corrected chi connectivity index (χ3v) is 5.54. The summed E-state index contributed by atoms with van der Waals surface area (Å²) in [5.41, 5.74) is 10.3. The number of benzene rings is 2. The molecule has 0 radical (unpaired) electrons. The Morgan fingerprint density at radius 2 is 2.07 bits per heavy atom. The lowest BCUT2D eigenvalue weighted by Gasteiger charge is -2.47. The first kappa shape index (κ1) is 18.4. The molecule has 0 fully saturated rings. The van der Waals surface area contributed by atoms with Gasteiger partial charge in [-0.2, -0.15) is 0 Å². The Hall–Kier alpha value is -2.93. The molecule has 2 heterocycles. The van der Waals surface area contributed by atoms with E-state index in [1.54, 1.807) is 0 Å². The standard InChI is InChI=1S/C21H22F2N4O/c1-13(28)27-21(11-20(26-27)16-10-15(22)6-7-18(16)23)14(8-9-24)12-25-19-5-3-2-4-17(19)21/h2-7,10-11,14,25-26H,8-9,12,24H2,1H3. The van der Waals surface area contributed by atoms with E-state index < -0.39 is 17.2 Å². The van der Waals surface area contributed by atoms with Gasteiger partial charge in [0.2, 0.25) is 5.91 Å². The Kier molecular flexibility index (Phi) is 4.55. The molecule has 0 saturated carbocycles. The highest BCUT2D eigenvalue weighted by Gasteiger charge is 2.52. The molecule has 28 heavy (non-hydrogen) atoms. The van der Waals surface area contributed by atoms with Gasteiger partial charge in [0.05, 0.1) is 5.70 Å². The number of hydrogen-bond acceptors (Lipinski definition) is 4. The van der Waals surface area contributed by atoms with Gasteiger partial charge in [0, 0.05) is 36.2 Å². The molecule has 0 saturated heterocycles. The van der Waals surface area contributed by atoms with E-state index in [2.05, 4.69) is 10.7 Å². The zero-order valence-corrected chi connectivity index (χ0v) is 15.5. The fourth-order valence-electron chi connectivity index (χ4n) is 4.33.